The van der Waals surface area contributed by atoms with Crippen LogP contribution in [0.15, 0.2) is 27.8 Å². The first-order valence-corrected chi connectivity index (χ1v) is 11.9. The normalized spacial score (nSPS) is 17.9. The Bertz CT molecular complexity index is 1020. The van der Waals surface area contributed by atoms with E-state index in [1.165, 1.54) is 15.6 Å². The number of carbonyl (C=O) groups is 1. The SMILES string of the molecule is CC(C)(C)C#Cc1cc(N[C@H]2CCN(S(=O)(=O)c3cccs3)C2)c(C(=O)O)s1. The zero-order valence-electron chi connectivity index (χ0n) is 15.9. The lowest BCUT2D eigenvalue weighted by Crippen LogP contribution is -2.31. The molecule has 1 atom stereocenters. The maximum absolute atomic E-state index is 12.7. The predicted octanol–water partition coefficient (Wildman–Crippen LogP) is 3.78. The number of hydrogen-bond acceptors (Lipinski definition) is 6. The Hall–Kier alpha value is -1.86. The topological polar surface area (TPSA) is 86.7 Å². The molecule has 0 aliphatic carbocycles. The second kappa shape index (κ2) is 7.87. The van der Waals surface area contributed by atoms with Crippen molar-refractivity contribution in [2.24, 2.45) is 5.41 Å². The Morgan fingerprint density at radius 1 is 1.39 bits per heavy atom. The van der Waals surface area contributed by atoms with Crippen LogP contribution in [0.3, 0.4) is 0 Å². The van der Waals surface area contributed by atoms with Crippen LogP contribution in [0.2, 0.25) is 0 Å². The Kier molecular flexibility index (Phi) is 5.87. The number of sulfonamides is 1. The van der Waals surface area contributed by atoms with Crippen molar-refractivity contribution in [2.45, 2.75) is 37.4 Å². The predicted molar refractivity (Wildman–Crippen MR) is 113 cm³/mol. The molecule has 1 aliphatic rings. The molecule has 0 spiro atoms. The van der Waals surface area contributed by atoms with Crippen molar-refractivity contribution in [3.05, 3.63) is 33.3 Å². The van der Waals surface area contributed by atoms with Gasteiger partial charge in [0.25, 0.3) is 10.0 Å². The van der Waals surface area contributed by atoms with E-state index in [1.807, 2.05) is 20.8 Å². The van der Waals surface area contributed by atoms with Crippen LogP contribution < -0.4 is 5.32 Å². The summed E-state index contributed by atoms with van der Waals surface area (Å²) in [6.07, 6.45) is 0.614. The number of hydrogen-bond donors (Lipinski definition) is 2. The summed E-state index contributed by atoms with van der Waals surface area (Å²) >= 11 is 2.33. The molecule has 0 unspecified atom stereocenters. The smallest absolute Gasteiger partial charge is 0.348 e. The van der Waals surface area contributed by atoms with E-state index in [0.29, 0.717) is 34.3 Å². The molecule has 2 N–H and O–H groups in total. The first-order chi connectivity index (χ1) is 13.1. The Labute approximate surface area is 173 Å². The summed E-state index contributed by atoms with van der Waals surface area (Å²) in [5, 5.41) is 14.5. The lowest BCUT2D eigenvalue weighted by Gasteiger charge is -2.16. The molecule has 28 heavy (non-hydrogen) atoms. The van der Waals surface area contributed by atoms with Gasteiger partial charge in [0, 0.05) is 24.5 Å². The standard InChI is InChI=1S/C19H22N2O4S3/c1-19(2,3)8-6-14-11-15(17(27-14)18(22)23)20-13-7-9-21(12-13)28(24,25)16-5-4-10-26-16/h4-5,10-11,13,20H,7,9,12H2,1-3H3,(H,22,23)/t13-/m0/s1. The molecule has 9 heteroatoms. The minimum Gasteiger partial charge on any atom is -0.477 e. The van der Waals surface area contributed by atoms with Gasteiger partial charge in [-0.2, -0.15) is 4.31 Å². The third-order valence-corrected chi connectivity index (χ3v) is 8.36. The highest BCUT2D eigenvalue weighted by molar-refractivity contribution is 7.91. The molecule has 6 nitrogen and oxygen atoms in total. The van der Waals surface area contributed by atoms with E-state index in [2.05, 4.69) is 17.2 Å². The van der Waals surface area contributed by atoms with Crippen LogP contribution in [-0.2, 0) is 10.0 Å². The molecule has 2 aromatic rings. The fraction of sp³-hybridized carbons (Fsp3) is 0.421. The van der Waals surface area contributed by atoms with Gasteiger partial charge in [0.05, 0.1) is 10.6 Å². The largest absolute Gasteiger partial charge is 0.477 e. The number of carboxylic acids is 1. The van der Waals surface area contributed by atoms with Gasteiger partial charge in [-0.05, 0) is 44.7 Å². The molecule has 0 saturated carbocycles. The van der Waals surface area contributed by atoms with Gasteiger partial charge < -0.3 is 10.4 Å². The van der Waals surface area contributed by atoms with E-state index >= 15 is 0 Å². The minimum atomic E-state index is -3.49. The first-order valence-electron chi connectivity index (χ1n) is 8.77. The number of aromatic carboxylic acids is 1. The van der Waals surface area contributed by atoms with Gasteiger partial charge >= 0.3 is 5.97 Å². The fourth-order valence-corrected chi connectivity index (χ4v) is 6.25. The van der Waals surface area contributed by atoms with Crippen molar-refractivity contribution >= 4 is 44.4 Å². The zero-order valence-corrected chi connectivity index (χ0v) is 18.3. The number of nitrogens with zero attached hydrogens (tertiary/aromatic N) is 1. The molecule has 1 fully saturated rings. The number of thiophene rings is 2. The van der Waals surface area contributed by atoms with E-state index in [9.17, 15) is 18.3 Å². The van der Waals surface area contributed by atoms with Gasteiger partial charge in [-0.1, -0.05) is 17.9 Å². The van der Waals surface area contributed by atoms with Gasteiger partial charge in [-0.3, -0.25) is 0 Å². The Morgan fingerprint density at radius 3 is 2.75 bits per heavy atom. The van der Waals surface area contributed by atoms with E-state index in [0.717, 1.165) is 11.3 Å². The molecule has 1 aliphatic heterocycles. The molecular formula is C19H22N2O4S3. The third-order valence-electron chi connectivity index (χ3n) is 4.09. The fourth-order valence-electron chi connectivity index (χ4n) is 2.79. The molecule has 0 bridgehead atoms. The van der Waals surface area contributed by atoms with Crippen LogP contribution in [0, 0.1) is 17.3 Å². The molecule has 0 aromatic carbocycles. The summed E-state index contributed by atoms with van der Waals surface area (Å²) in [6.45, 7) is 6.68. The third kappa shape index (κ3) is 4.75. The summed E-state index contributed by atoms with van der Waals surface area (Å²) in [7, 11) is -3.49. The lowest BCUT2D eigenvalue weighted by atomic mass is 9.98. The number of carboxylic acid groups (broad SMARTS) is 1. The first kappa shape index (κ1) is 20.9. The zero-order chi connectivity index (χ0) is 20.5. The van der Waals surface area contributed by atoms with Crippen LogP contribution in [0.1, 0.15) is 41.7 Å². The van der Waals surface area contributed by atoms with Gasteiger partial charge in [0.15, 0.2) is 0 Å². The summed E-state index contributed by atoms with van der Waals surface area (Å²) in [5.74, 6) is 5.13. The second-order valence-corrected chi connectivity index (χ2v) is 11.7. The molecular weight excluding hydrogens is 416 g/mol. The van der Waals surface area contributed by atoms with Crippen molar-refractivity contribution in [3.63, 3.8) is 0 Å². The quantitative estimate of drug-likeness (QED) is 0.694. The van der Waals surface area contributed by atoms with Gasteiger partial charge in [-0.15, -0.1) is 22.7 Å². The van der Waals surface area contributed by atoms with Gasteiger partial charge in [-0.25, -0.2) is 13.2 Å². The summed E-state index contributed by atoms with van der Waals surface area (Å²) < 4.78 is 27.1. The van der Waals surface area contributed by atoms with Crippen LogP contribution in [-0.4, -0.2) is 42.9 Å². The highest BCUT2D eigenvalue weighted by Gasteiger charge is 2.33. The Balaban J connectivity index is 1.76. The maximum atomic E-state index is 12.7. The van der Waals surface area contributed by atoms with Crippen LogP contribution in [0.4, 0.5) is 5.69 Å². The van der Waals surface area contributed by atoms with Crippen LogP contribution in [0.5, 0.6) is 0 Å². The highest BCUT2D eigenvalue weighted by Crippen LogP contribution is 2.31. The molecule has 0 radical (unpaired) electrons. The molecule has 3 heterocycles. The van der Waals surface area contributed by atoms with Crippen LogP contribution >= 0.6 is 22.7 Å². The lowest BCUT2D eigenvalue weighted by molar-refractivity contribution is 0.0703. The van der Waals surface area contributed by atoms with Gasteiger partial charge in [0.1, 0.15) is 9.09 Å². The van der Waals surface area contributed by atoms with Gasteiger partial charge in [0.2, 0.25) is 0 Å². The monoisotopic (exact) mass is 438 g/mol. The maximum Gasteiger partial charge on any atom is 0.348 e. The number of nitrogens with one attached hydrogen (secondary N) is 1. The van der Waals surface area contributed by atoms with Crippen molar-refractivity contribution in [3.8, 4) is 11.8 Å². The second-order valence-electron chi connectivity index (χ2n) is 7.58. The molecule has 2 aromatic heterocycles. The molecule has 1 saturated heterocycles. The molecule has 0 amide bonds. The van der Waals surface area contributed by atoms with E-state index in [-0.39, 0.29) is 16.3 Å². The number of rotatable bonds is 5. The highest BCUT2D eigenvalue weighted by atomic mass is 32.2. The minimum absolute atomic E-state index is 0.147. The van der Waals surface area contributed by atoms with E-state index in [1.54, 1.807) is 23.6 Å². The van der Waals surface area contributed by atoms with Crippen molar-refractivity contribution in [1.82, 2.24) is 4.31 Å². The average molecular weight is 439 g/mol. The van der Waals surface area contributed by atoms with Crippen molar-refractivity contribution in [1.29, 1.82) is 0 Å². The van der Waals surface area contributed by atoms with Crippen molar-refractivity contribution in [2.75, 3.05) is 18.4 Å². The molecule has 3 rings (SSSR count). The van der Waals surface area contributed by atoms with E-state index in [4.69, 9.17) is 0 Å². The average Bonchev–Trinajstić information content (AvgIpc) is 3.33. The molecule has 150 valence electrons. The summed E-state index contributed by atoms with van der Waals surface area (Å²) in [4.78, 5) is 12.5. The van der Waals surface area contributed by atoms with Crippen molar-refractivity contribution < 1.29 is 18.3 Å². The Morgan fingerprint density at radius 2 is 2.14 bits per heavy atom. The number of anilines is 1. The van der Waals surface area contributed by atoms with Crippen LogP contribution in [0.25, 0.3) is 0 Å². The van der Waals surface area contributed by atoms with E-state index < -0.39 is 16.0 Å². The summed E-state index contributed by atoms with van der Waals surface area (Å²) in [5.41, 5.74) is 0.319. The summed E-state index contributed by atoms with van der Waals surface area (Å²) in [6, 6.07) is 4.91.